The minimum Gasteiger partial charge on any atom is -0.481 e. The molecule has 0 saturated heterocycles. The summed E-state index contributed by atoms with van der Waals surface area (Å²) < 4.78 is 5.22. The van der Waals surface area contributed by atoms with E-state index in [1.54, 1.807) is 27.7 Å². The maximum Gasteiger partial charge on any atom is 0.310 e. The fraction of sp³-hybridized carbons (Fsp3) is 0.833. The first kappa shape index (κ1) is 14.9. The summed E-state index contributed by atoms with van der Waals surface area (Å²) in [5.41, 5.74) is -0.568. The quantitative estimate of drug-likeness (QED) is 0.737. The van der Waals surface area contributed by atoms with Gasteiger partial charge in [-0.1, -0.05) is 20.3 Å². The molecular formula is C12H22O4. The van der Waals surface area contributed by atoms with Gasteiger partial charge in [0, 0.05) is 0 Å². The summed E-state index contributed by atoms with van der Waals surface area (Å²) in [5, 5.41) is 8.92. The summed E-state index contributed by atoms with van der Waals surface area (Å²) in [4.78, 5) is 22.7. The van der Waals surface area contributed by atoms with E-state index in [0.717, 1.165) is 6.42 Å². The normalized spacial score (nSPS) is 15.3. The molecule has 0 aliphatic rings. The van der Waals surface area contributed by atoms with Crippen molar-refractivity contribution in [3.05, 3.63) is 0 Å². The minimum atomic E-state index is -0.954. The van der Waals surface area contributed by atoms with Crippen LogP contribution in [-0.2, 0) is 14.3 Å². The summed E-state index contributed by atoms with van der Waals surface area (Å²) in [6.45, 7) is 8.80. The first-order valence-corrected chi connectivity index (χ1v) is 5.64. The molecule has 0 amide bonds. The van der Waals surface area contributed by atoms with Crippen LogP contribution in [-0.4, -0.2) is 22.6 Å². The van der Waals surface area contributed by atoms with E-state index in [1.165, 1.54) is 0 Å². The van der Waals surface area contributed by atoms with Crippen LogP contribution in [0.2, 0.25) is 0 Å². The second-order valence-corrected chi connectivity index (χ2v) is 5.06. The van der Waals surface area contributed by atoms with E-state index in [4.69, 9.17) is 9.84 Å². The number of carboxylic acids is 1. The Balaban J connectivity index is 4.65. The zero-order chi connectivity index (χ0) is 12.9. The molecule has 0 aromatic rings. The minimum absolute atomic E-state index is 0.413. The monoisotopic (exact) mass is 230 g/mol. The predicted octanol–water partition coefficient (Wildman–Crippen LogP) is 2.47. The van der Waals surface area contributed by atoms with E-state index in [-0.39, 0.29) is 0 Å². The van der Waals surface area contributed by atoms with E-state index in [9.17, 15) is 9.59 Å². The van der Waals surface area contributed by atoms with Crippen molar-refractivity contribution < 1.29 is 19.4 Å². The van der Waals surface area contributed by atoms with Gasteiger partial charge >= 0.3 is 11.9 Å². The molecule has 0 fully saturated rings. The number of carbonyl (C=O) groups is 2. The van der Waals surface area contributed by atoms with E-state index >= 15 is 0 Å². The molecule has 0 spiro atoms. The lowest BCUT2D eigenvalue weighted by Gasteiger charge is -2.25. The molecule has 2 unspecified atom stereocenters. The third kappa shape index (κ3) is 5.14. The summed E-state index contributed by atoms with van der Waals surface area (Å²) in [7, 11) is 0. The lowest BCUT2D eigenvalue weighted by Crippen LogP contribution is -2.34. The molecule has 94 valence electrons. The Morgan fingerprint density at radius 3 is 2.12 bits per heavy atom. The number of esters is 1. The Kier molecular flexibility index (Phi) is 5.48. The molecule has 0 radical (unpaired) electrons. The highest BCUT2D eigenvalue weighted by Crippen LogP contribution is 2.22. The summed E-state index contributed by atoms with van der Waals surface area (Å²) in [6.07, 6.45) is 1.31. The van der Waals surface area contributed by atoms with Gasteiger partial charge in [0.05, 0.1) is 11.8 Å². The molecule has 0 aliphatic carbocycles. The average Bonchev–Trinajstić information content (AvgIpc) is 2.09. The van der Waals surface area contributed by atoms with Crippen molar-refractivity contribution in [1.82, 2.24) is 0 Å². The van der Waals surface area contributed by atoms with Crippen LogP contribution in [0.5, 0.6) is 0 Å². The largest absolute Gasteiger partial charge is 0.481 e. The molecule has 0 bridgehead atoms. The highest BCUT2D eigenvalue weighted by molar-refractivity contribution is 5.81. The SMILES string of the molecule is CCCC(C(=O)OC(C)(C)C)C(C)C(=O)O. The number of hydrogen-bond acceptors (Lipinski definition) is 3. The van der Waals surface area contributed by atoms with Crippen LogP contribution in [0.15, 0.2) is 0 Å². The summed E-state index contributed by atoms with van der Waals surface area (Å²) in [5.74, 6) is -2.62. The zero-order valence-corrected chi connectivity index (χ0v) is 10.7. The molecule has 2 atom stereocenters. The van der Waals surface area contributed by atoms with Crippen molar-refractivity contribution in [2.75, 3.05) is 0 Å². The van der Waals surface area contributed by atoms with Crippen LogP contribution in [0.3, 0.4) is 0 Å². The number of ether oxygens (including phenoxy) is 1. The lowest BCUT2D eigenvalue weighted by atomic mass is 9.90. The molecule has 0 saturated carbocycles. The number of aliphatic carboxylic acids is 1. The fourth-order valence-corrected chi connectivity index (χ4v) is 1.43. The van der Waals surface area contributed by atoms with Gasteiger partial charge in [0.15, 0.2) is 0 Å². The molecular weight excluding hydrogens is 208 g/mol. The van der Waals surface area contributed by atoms with Crippen LogP contribution in [0.4, 0.5) is 0 Å². The highest BCUT2D eigenvalue weighted by atomic mass is 16.6. The van der Waals surface area contributed by atoms with E-state index in [2.05, 4.69) is 0 Å². The molecule has 1 N–H and O–H groups in total. The third-order valence-electron chi connectivity index (χ3n) is 2.30. The third-order valence-corrected chi connectivity index (χ3v) is 2.30. The van der Waals surface area contributed by atoms with Gasteiger partial charge in [-0.3, -0.25) is 9.59 Å². The second kappa shape index (κ2) is 5.87. The van der Waals surface area contributed by atoms with Gasteiger partial charge in [-0.25, -0.2) is 0 Å². The van der Waals surface area contributed by atoms with Gasteiger partial charge in [-0.15, -0.1) is 0 Å². The van der Waals surface area contributed by atoms with Gasteiger partial charge in [0.2, 0.25) is 0 Å². The van der Waals surface area contributed by atoms with E-state index < -0.39 is 29.4 Å². The van der Waals surface area contributed by atoms with Gasteiger partial charge in [0.1, 0.15) is 5.60 Å². The first-order chi connectivity index (χ1) is 7.19. The maximum absolute atomic E-state index is 11.8. The van der Waals surface area contributed by atoms with Gasteiger partial charge < -0.3 is 9.84 Å². The molecule has 0 aromatic heterocycles. The highest BCUT2D eigenvalue weighted by Gasteiger charge is 2.32. The topological polar surface area (TPSA) is 63.6 Å². The van der Waals surface area contributed by atoms with E-state index in [0.29, 0.717) is 6.42 Å². The van der Waals surface area contributed by atoms with Crippen molar-refractivity contribution in [2.45, 2.75) is 53.1 Å². The van der Waals surface area contributed by atoms with Crippen molar-refractivity contribution in [3.8, 4) is 0 Å². The van der Waals surface area contributed by atoms with Crippen molar-refractivity contribution in [1.29, 1.82) is 0 Å². The van der Waals surface area contributed by atoms with Crippen molar-refractivity contribution in [3.63, 3.8) is 0 Å². The van der Waals surface area contributed by atoms with Crippen LogP contribution < -0.4 is 0 Å². The van der Waals surface area contributed by atoms with Crippen LogP contribution in [0, 0.1) is 11.8 Å². The standard InChI is InChI=1S/C12H22O4/c1-6-7-9(8(2)10(13)14)11(15)16-12(3,4)5/h8-9H,6-7H2,1-5H3,(H,13,14). The smallest absolute Gasteiger partial charge is 0.310 e. The van der Waals surface area contributed by atoms with Gasteiger partial charge in [-0.05, 0) is 27.2 Å². The number of hydrogen-bond donors (Lipinski definition) is 1. The molecule has 4 nitrogen and oxygen atoms in total. The molecule has 0 heterocycles. The molecule has 4 heteroatoms. The van der Waals surface area contributed by atoms with E-state index in [1.807, 2.05) is 6.92 Å². The second-order valence-electron chi connectivity index (χ2n) is 5.06. The van der Waals surface area contributed by atoms with Gasteiger partial charge in [-0.2, -0.15) is 0 Å². The molecule has 0 aliphatic heterocycles. The van der Waals surface area contributed by atoms with Gasteiger partial charge in [0.25, 0.3) is 0 Å². The Labute approximate surface area is 97.0 Å². The predicted molar refractivity (Wildman–Crippen MR) is 61.0 cm³/mol. The molecule has 0 rings (SSSR count). The number of carboxylic acid groups (broad SMARTS) is 1. The number of rotatable bonds is 5. The first-order valence-electron chi connectivity index (χ1n) is 5.64. The Bertz CT molecular complexity index is 252. The average molecular weight is 230 g/mol. The fourth-order valence-electron chi connectivity index (χ4n) is 1.43. The van der Waals surface area contributed by atoms with Crippen molar-refractivity contribution in [2.24, 2.45) is 11.8 Å². The van der Waals surface area contributed by atoms with Crippen molar-refractivity contribution >= 4 is 11.9 Å². The van der Waals surface area contributed by atoms with Crippen LogP contribution >= 0.6 is 0 Å². The van der Waals surface area contributed by atoms with Crippen LogP contribution in [0.25, 0.3) is 0 Å². The summed E-state index contributed by atoms with van der Waals surface area (Å²) in [6, 6.07) is 0. The molecule has 0 aromatic carbocycles. The van der Waals surface area contributed by atoms with Crippen LogP contribution in [0.1, 0.15) is 47.5 Å². The maximum atomic E-state index is 11.8. The summed E-state index contributed by atoms with van der Waals surface area (Å²) >= 11 is 0. The Morgan fingerprint density at radius 1 is 1.31 bits per heavy atom. The zero-order valence-electron chi connectivity index (χ0n) is 10.7. The molecule has 16 heavy (non-hydrogen) atoms. The lowest BCUT2D eigenvalue weighted by molar-refractivity contribution is -0.166. The number of carbonyl (C=O) groups excluding carboxylic acids is 1. The Hall–Kier alpha value is -1.06. The Morgan fingerprint density at radius 2 is 1.81 bits per heavy atom.